The van der Waals surface area contributed by atoms with E-state index in [1.807, 2.05) is 47.4 Å². The van der Waals surface area contributed by atoms with E-state index in [1.165, 1.54) is 0 Å². The van der Waals surface area contributed by atoms with E-state index in [0.717, 1.165) is 47.7 Å². The lowest BCUT2D eigenvalue weighted by molar-refractivity contribution is -0.193. The largest absolute Gasteiger partial charge is 0.490 e. The molecule has 0 radical (unpaired) electrons. The minimum Gasteiger partial charge on any atom is -0.475 e. The van der Waals surface area contributed by atoms with Gasteiger partial charge < -0.3 is 20.1 Å². The van der Waals surface area contributed by atoms with Crippen LogP contribution in [0, 0.1) is 0 Å². The van der Waals surface area contributed by atoms with Gasteiger partial charge in [0.2, 0.25) is 0 Å². The maximum absolute atomic E-state index is 10.6. The summed E-state index contributed by atoms with van der Waals surface area (Å²) >= 11 is 0. The molecule has 1 saturated heterocycles. The first kappa shape index (κ1) is 39.8. The molecular weight excluding hydrogens is 691 g/mol. The number of carboxylic acid groups (broad SMARTS) is 3. The van der Waals surface area contributed by atoms with Crippen LogP contribution in [0.25, 0.3) is 16.6 Å². The Morgan fingerprint density at radius 1 is 0.796 bits per heavy atom. The third kappa shape index (κ3) is 13.3. The second-order valence-electron chi connectivity index (χ2n) is 9.29. The number of hydrogen-bond donors (Lipinski definition) is 3. The van der Waals surface area contributed by atoms with Gasteiger partial charge in [-0.25, -0.2) is 18.9 Å². The zero-order valence-electron chi connectivity index (χ0n) is 24.3. The third-order valence-electron chi connectivity index (χ3n) is 5.73. The second kappa shape index (κ2) is 17.1. The Morgan fingerprint density at radius 2 is 1.39 bits per heavy atom. The first-order chi connectivity index (χ1) is 22.7. The number of fused-ring (bicyclic) bond motifs is 1. The van der Waals surface area contributed by atoms with Crippen molar-refractivity contribution in [3.63, 3.8) is 0 Å². The predicted octanol–water partition coefficient (Wildman–Crippen LogP) is 4.66. The molecular formula is C27H23F9N6O7. The number of carbonyl (C=O) groups is 3. The standard InChI is InChI=1S/C21H20N6O.3C2HF3O2/c1-2-9-23-18(5-1)14-26-10-11-28-20(15-26)21-19-7-6-17(13-27(19)25-24-21)16-4-3-8-22-12-16;3*3-2(4,5)1(6)7/h1-9,12-13,20H,10-11,14-15H2;3*(H,6,7). The van der Waals surface area contributed by atoms with Crippen LogP contribution in [-0.4, -0.2) is 101 Å². The van der Waals surface area contributed by atoms with Crippen molar-refractivity contribution >= 4 is 23.4 Å². The third-order valence-corrected chi connectivity index (χ3v) is 5.73. The molecule has 1 unspecified atom stereocenters. The summed E-state index contributed by atoms with van der Waals surface area (Å²) < 4.78 is 103. The maximum atomic E-state index is 10.6. The highest BCUT2D eigenvalue weighted by atomic mass is 19.4. The highest BCUT2D eigenvalue weighted by molar-refractivity contribution is 5.73. The van der Waals surface area contributed by atoms with E-state index in [0.29, 0.717) is 6.61 Å². The second-order valence-corrected chi connectivity index (χ2v) is 9.29. The van der Waals surface area contributed by atoms with Crippen molar-refractivity contribution in [3.05, 3.63) is 78.6 Å². The molecule has 5 heterocycles. The normalized spacial score (nSPS) is 15.0. The summed E-state index contributed by atoms with van der Waals surface area (Å²) in [6, 6.07) is 14.1. The number of ether oxygens (including phenoxy) is 1. The Kier molecular flexibility index (Phi) is 13.9. The van der Waals surface area contributed by atoms with Crippen LogP contribution in [0.5, 0.6) is 0 Å². The van der Waals surface area contributed by atoms with E-state index in [9.17, 15) is 39.5 Å². The number of rotatable bonds is 4. The lowest BCUT2D eigenvalue weighted by Gasteiger charge is -2.31. The van der Waals surface area contributed by atoms with E-state index >= 15 is 0 Å². The topological polar surface area (TPSA) is 180 Å². The molecule has 1 aliphatic heterocycles. The number of aliphatic carboxylic acids is 3. The summed E-state index contributed by atoms with van der Waals surface area (Å²) in [4.78, 5) is 37.7. The van der Waals surface area contributed by atoms with Crippen LogP contribution in [0.1, 0.15) is 17.5 Å². The Labute approximate surface area is 268 Å². The van der Waals surface area contributed by atoms with Gasteiger partial charge in [0, 0.05) is 55.5 Å². The van der Waals surface area contributed by atoms with E-state index in [4.69, 9.17) is 34.4 Å². The highest BCUT2D eigenvalue weighted by Gasteiger charge is 2.39. The lowest BCUT2D eigenvalue weighted by Crippen LogP contribution is -2.38. The molecule has 0 aliphatic carbocycles. The zero-order chi connectivity index (χ0) is 37.0. The van der Waals surface area contributed by atoms with Gasteiger partial charge in [-0.2, -0.15) is 39.5 Å². The van der Waals surface area contributed by atoms with E-state index < -0.39 is 36.4 Å². The maximum Gasteiger partial charge on any atom is 0.490 e. The van der Waals surface area contributed by atoms with Crippen LogP contribution in [-0.2, 0) is 25.7 Å². The molecule has 4 aromatic heterocycles. The van der Waals surface area contributed by atoms with E-state index in [1.54, 1.807) is 6.20 Å². The van der Waals surface area contributed by atoms with Crippen LogP contribution in [0.15, 0.2) is 67.3 Å². The van der Waals surface area contributed by atoms with Gasteiger partial charge in [-0.15, -0.1) is 5.10 Å². The molecule has 5 rings (SSSR count). The number of hydrogen-bond acceptors (Lipinski definition) is 9. The van der Waals surface area contributed by atoms with Crippen molar-refractivity contribution in [2.45, 2.75) is 31.2 Å². The summed E-state index contributed by atoms with van der Waals surface area (Å²) in [5, 5.41) is 30.1. The van der Waals surface area contributed by atoms with Crippen molar-refractivity contribution in [2.75, 3.05) is 19.7 Å². The molecule has 13 nitrogen and oxygen atoms in total. The highest BCUT2D eigenvalue weighted by Crippen LogP contribution is 2.27. The molecule has 0 aromatic carbocycles. The number of alkyl halides is 9. The first-order valence-electron chi connectivity index (χ1n) is 13.1. The van der Waals surface area contributed by atoms with E-state index in [-0.39, 0.29) is 6.10 Å². The minimum atomic E-state index is -5.08. The molecule has 49 heavy (non-hydrogen) atoms. The first-order valence-corrected chi connectivity index (χ1v) is 13.1. The van der Waals surface area contributed by atoms with Crippen molar-refractivity contribution in [1.29, 1.82) is 0 Å². The van der Waals surface area contributed by atoms with Crippen LogP contribution in [0.3, 0.4) is 0 Å². The molecule has 4 aromatic rings. The fraction of sp³-hybridized carbons (Fsp3) is 0.296. The minimum absolute atomic E-state index is 0.0980. The van der Waals surface area contributed by atoms with Gasteiger partial charge in [0.1, 0.15) is 11.8 Å². The number of morpholine rings is 1. The lowest BCUT2D eigenvalue weighted by atomic mass is 10.1. The monoisotopic (exact) mass is 714 g/mol. The van der Waals surface area contributed by atoms with Crippen molar-refractivity contribution in [1.82, 2.24) is 29.7 Å². The number of halogens is 9. The number of carboxylic acids is 3. The van der Waals surface area contributed by atoms with Crippen molar-refractivity contribution in [2.24, 2.45) is 0 Å². The quantitative estimate of drug-likeness (QED) is 0.249. The Morgan fingerprint density at radius 3 is 1.88 bits per heavy atom. The average Bonchev–Trinajstić information content (AvgIpc) is 3.45. The number of aromatic nitrogens is 5. The van der Waals surface area contributed by atoms with Gasteiger partial charge >= 0.3 is 36.4 Å². The molecule has 1 aliphatic rings. The summed E-state index contributed by atoms with van der Waals surface area (Å²) in [6.07, 6.45) is -7.91. The molecule has 0 saturated carbocycles. The van der Waals surface area contributed by atoms with E-state index in [2.05, 4.69) is 43.4 Å². The summed E-state index contributed by atoms with van der Waals surface area (Å²) in [7, 11) is 0. The Bertz CT molecular complexity index is 1610. The predicted molar refractivity (Wildman–Crippen MR) is 145 cm³/mol. The zero-order valence-corrected chi connectivity index (χ0v) is 24.3. The molecule has 266 valence electrons. The van der Waals surface area contributed by atoms with Gasteiger partial charge in [0.15, 0.2) is 0 Å². The average molecular weight is 714 g/mol. The van der Waals surface area contributed by atoms with Gasteiger partial charge in [-0.1, -0.05) is 23.4 Å². The summed E-state index contributed by atoms with van der Waals surface area (Å²) in [5.74, 6) is -8.27. The van der Waals surface area contributed by atoms with Crippen LogP contribution in [0.2, 0.25) is 0 Å². The van der Waals surface area contributed by atoms with Crippen molar-refractivity contribution in [3.8, 4) is 11.1 Å². The molecule has 1 fully saturated rings. The van der Waals surface area contributed by atoms with Crippen molar-refractivity contribution < 1.29 is 74.0 Å². The molecule has 0 spiro atoms. The molecule has 3 N–H and O–H groups in total. The summed E-state index contributed by atoms with van der Waals surface area (Å²) in [6.45, 7) is 3.14. The summed E-state index contributed by atoms with van der Waals surface area (Å²) in [5.41, 5.74) is 5.02. The molecule has 0 bridgehead atoms. The molecule has 22 heteroatoms. The Balaban J connectivity index is 0.000000325. The van der Waals surface area contributed by atoms with Gasteiger partial charge in [0.25, 0.3) is 0 Å². The number of pyridine rings is 3. The SMILES string of the molecule is O=C(O)C(F)(F)F.O=C(O)C(F)(F)F.O=C(O)C(F)(F)F.c1ccc(CN2CCOC(c3nnn4cc(-c5cccnc5)ccc34)C2)nc1. The fourth-order valence-electron chi connectivity index (χ4n) is 3.58. The van der Waals surface area contributed by atoms with Crippen LogP contribution < -0.4 is 0 Å². The molecule has 0 amide bonds. The van der Waals surface area contributed by atoms with Gasteiger partial charge in [-0.05, 0) is 24.3 Å². The van der Waals surface area contributed by atoms with Crippen LogP contribution in [0.4, 0.5) is 39.5 Å². The van der Waals surface area contributed by atoms with Crippen LogP contribution >= 0.6 is 0 Å². The smallest absolute Gasteiger partial charge is 0.475 e. The fourth-order valence-corrected chi connectivity index (χ4v) is 3.58. The Hall–Kier alpha value is -5.38. The van der Waals surface area contributed by atoms with Gasteiger partial charge in [-0.3, -0.25) is 14.9 Å². The molecule has 1 atom stereocenters. The number of nitrogens with zero attached hydrogens (tertiary/aromatic N) is 6. The van der Waals surface area contributed by atoms with Gasteiger partial charge in [0.05, 0.1) is 17.8 Å².